The van der Waals surface area contributed by atoms with Gasteiger partial charge in [0.1, 0.15) is 11.4 Å². The highest BCUT2D eigenvalue weighted by Gasteiger charge is 2.16. The van der Waals surface area contributed by atoms with Gasteiger partial charge in [-0.1, -0.05) is 12.1 Å². The molecule has 1 aromatic heterocycles. The van der Waals surface area contributed by atoms with Crippen molar-refractivity contribution in [1.82, 2.24) is 9.55 Å². The van der Waals surface area contributed by atoms with E-state index in [0.29, 0.717) is 11.1 Å². The van der Waals surface area contributed by atoms with E-state index in [1.807, 2.05) is 0 Å². The van der Waals surface area contributed by atoms with E-state index in [4.69, 9.17) is 4.74 Å². The SMILES string of the molecule is CCOC(=O)c1c[nH]c(=O)n(Cc2cccc(F)c2C)c1=O. The number of carbonyl (C=O) groups excluding carboxylic acids is 1. The van der Waals surface area contributed by atoms with Crippen molar-refractivity contribution in [2.75, 3.05) is 6.61 Å². The molecule has 0 amide bonds. The van der Waals surface area contributed by atoms with Gasteiger partial charge in [-0.15, -0.1) is 0 Å². The molecule has 0 radical (unpaired) electrons. The third-order valence-corrected chi connectivity index (χ3v) is 3.26. The standard InChI is InChI=1S/C15H15FN2O4/c1-3-22-14(20)11-7-17-15(21)18(13(11)19)8-10-5-4-6-12(16)9(10)2/h4-7H,3,8H2,1-2H3,(H,17,21). The number of benzene rings is 1. The van der Waals surface area contributed by atoms with Gasteiger partial charge in [-0.05, 0) is 31.0 Å². The lowest BCUT2D eigenvalue weighted by Crippen LogP contribution is -2.38. The van der Waals surface area contributed by atoms with Crippen LogP contribution >= 0.6 is 0 Å². The molecule has 7 heteroatoms. The van der Waals surface area contributed by atoms with E-state index in [1.165, 1.54) is 12.1 Å². The zero-order valence-electron chi connectivity index (χ0n) is 12.2. The highest BCUT2D eigenvalue weighted by Crippen LogP contribution is 2.12. The van der Waals surface area contributed by atoms with Gasteiger partial charge in [0, 0.05) is 6.20 Å². The number of aromatic amines is 1. The number of H-pyrrole nitrogens is 1. The lowest BCUT2D eigenvalue weighted by Gasteiger charge is -2.09. The van der Waals surface area contributed by atoms with Crippen molar-refractivity contribution in [3.8, 4) is 0 Å². The van der Waals surface area contributed by atoms with Crippen molar-refractivity contribution in [2.24, 2.45) is 0 Å². The molecule has 6 nitrogen and oxygen atoms in total. The Bertz CT molecular complexity index is 823. The summed E-state index contributed by atoms with van der Waals surface area (Å²) in [4.78, 5) is 38.1. The predicted octanol–water partition coefficient (Wildman–Crippen LogP) is 1.21. The van der Waals surface area contributed by atoms with Crippen LogP contribution in [0.25, 0.3) is 0 Å². The zero-order valence-corrected chi connectivity index (χ0v) is 12.2. The monoisotopic (exact) mass is 306 g/mol. The Hall–Kier alpha value is -2.70. The Morgan fingerprint density at radius 1 is 1.36 bits per heavy atom. The summed E-state index contributed by atoms with van der Waals surface area (Å²) in [5.41, 5.74) is -0.896. The Morgan fingerprint density at radius 3 is 2.77 bits per heavy atom. The highest BCUT2D eigenvalue weighted by atomic mass is 19.1. The van der Waals surface area contributed by atoms with Crippen LogP contribution in [-0.4, -0.2) is 22.1 Å². The molecular formula is C15H15FN2O4. The fourth-order valence-corrected chi connectivity index (χ4v) is 2.00. The number of nitrogens with one attached hydrogen (secondary N) is 1. The van der Waals surface area contributed by atoms with Gasteiger partial charge in [-0.3, -0.25) is 9.36 Å². The molecule has 22 heavy (non-hydrogen) atoms. The number of aromatic nitrogens is 2. The van der Waals surface area contributed by atoms with E-state index in [0.717, 1.165) is 10.8 Å². The van der Waals surface area contributed by atoms with E-state index in [2.05, 4.69) is 4.98 Å². The van der Waals surface area contributed by atoms with Crippen LogP contribution in [-0.2, 0) is 11.3 Å². The number of nitrogens with zero attached hydrogens (tertiary/aromatic N) is 1. The van der Waals surface area contributed by atoms with Crippen LogP contribution in [0.2, 0.25) is 0 Å². The molecule has 0 atom stereocenters. The lowest BCUT2D eigenvalue weighted by atomic mass is 10.1. The molecule has 0 unspecified atom stereocenters. The molecule has 0 aliphatic heterocycles. The van der Waals surface area contributed by atoms with Crippen molar-refractivity contribution in [3.63, 3.8) is 0 Å². The van der Waals surface area contributed by atoms with Crippen LogP contribution in [0.3, 0.4) is 0 Å². The summed E-state index contributed by atoms with van der Waals surface area (Å²) in [7, 11) is 0. The molecule has 0 bridgehead atoms. The van der Waals surface area contributed by atoms with Crippen molar-refractivity contribution >= 4 is 5.97 Å². The summed E-state index contributed by atoms with van der Waals surface area (Å²) < 4.78 is 19.1. The smallest absolute Gasteiger partial charge is 0.345 e. The van der Waals surface area contributed by atoms with Crippen LogP contribution in [0.5, 0.6) is 0 Å². The van der Waals surface area contributed by atoms with Gasteiger partial charge in [-0.2, -0.15) is 0 Å². The second kappa shape index (κ2) is 6.38. The van der Waals surface area contributed by atoms with Crippen LogP contribution in [0.1, 0.15) is 28.4 Å². The summed E-state index contributed by atoms with van der Waals surface area (Å²) in [6.07, 6.45) is 1.03. The first-order valence-electron chi connectivity index (χ1n) is 6.69. The van der Waals surface area contributed by atoms with Crippen molar-refractivity contribution in [2.45, 2.75) is 20.4 Å². The molecular weight excluding hydrogens is 291 g/mol. The average molecular weight is 306 g/mol. The number of hydrogen-bond acceptors (Lipinski definition) is 4. The molecule has 0 spiro atoms. The van der Waals surface area contributed by atoms with Gasteiger partial charge in [0.25, 0.3) is 5.56 Å². The second-order valence-corrected chi connectivity index (χ2v) is 4.64. The third-order valence-electron chi connectivity index (χ3n) is 3.26. The minimum Gasteiger partial charge on any atom is -0.462 e. The summed E-state index contributed by atoms with van der Waals surface area (Å²) >= 11 is 0. The van der Waals surface area contributed by atoms with Gasteiger partial charge >= 0.3 is 11.7 Å². The molecule has 0 saturated carbocycles. The maximum atomic E-state index is 13.5. The first-order chi connectivity index (χ1) is 10.5. The molecule has 0 aliphatic carbocycles. The summed E-state index contributed by atoms with van der Waals surface area (Å²) in [5.74, 6) is -1.24. The van der Waals surface area contributed by atoms with E-state index in [-0.39, 0.29) is 18.7 Å². The third kappa shape index (κ3) is 2.98. The summed E-state index contributed by atoms with van der Waals surface area (Å²) in [5, 5.41) is 0. The van der Waals surface area contributed by atoms with Gasteiger partial charge in [-0.25, -0.2) is 14.0 Å². The highest BCUT2D eigenvalue weighted by molar-refractivity contribution is 5.88. The summed E-state index contributed by atoms with van der Waals surface area (Å²) in [6, 6.07) is 4.40. The first-order valence-corrected chi connectivity index (χ1v) is 6.69. The molecule has 1 aromatic carbocycles. The van der Waals surface area contributed by atoms with Crippen LogP contribution < -0.4 is 11.2 Å². The van der Waals surface area contributed by atoms with Crippen LogP contribution in [0, 0.1) is 12.7 Å². The maximum absolute atomic E-state index is 13.5. The fourth-order valence-electron chi connectivity index (χ4n) is 2.00. The Labute approximate surface area is 125 Å². The fraction of sp³-hybridized carbons (Fsp3) is 0.267. The van der Waals surface area contributed by atoms with E-state index in [9.17, 15) is 18.8 Å². The van der Waals surface area contributed by atoms with Crippen molar-refractivity contribution < 1.29 is 13.9 Å². The predicted molar refractivity (Wildman–Crippen MR) is 77.5 cm³/mol. The first kappa shape index (κ1) is 15.7. The zero-order chi connectivity index (χ0) is 16.3. The minimum absolute atomic E-state index is 0.112. The molecule has 116 valence electrons. The quantitative estimate of drug-likeness (QED) is 0.861. The van der Waals surface area contributed by atoms with Gasteiger partial charge in [0.15, 0.2) is 0 Å². The molecule has 2 aromatic rings. The molecule has 0 saturated heterocycles. The molecule has 2 rings (SSSR count). The van der Waals surface area contributed by atoms with Crippen LogP contribution in [0.15, 0.2) is 34.0 Å². The second-order valence-electron chi connectivity index (χ2n) is 4.64. The molecule has 1 heterocycles. The Balaban J connectivity index is 2.50. The van der Waals surface area contributed by atoms with Gasteiger partial charge < -0.3 is 9.72 Å². The Morgan fingerprint density at radius 2 is 2.09 bits per heavy atom. The lowest BCUT2D eigenvalue weighted by molar-refractivity contribution is 0.0522. The maximum Gasteiger partial charge on any atom is 0.345 e. The molecule has 0 aliphatic rings. The number of hydrogen-bond donors (Lipinski definition) is 1. The van der Waals surface area contributed by atoms with Crippen molar-refractivity contribution in [3.05, 3.63) is 67.7 Å². The number of ether oxygens (including phenoxy) is 1. The number of rotatable bonds is 4. The van der Waals surface area contributed by atoms with Gasteiger partial charge in [0.2, 0.25) is 0 Å². The van der Waals surface area contributed by atoms with Crippen LogP contribution in [0.4, 0.5) is 4.39 Å². The average Bonchev–Trinajstić information content (AvgIpc) is 2.48. The molecule has 1 N–H and O–H groups in total. The van der Waals surface area contributed by atoms with E-state index < -0.39 is 23.0 Å². The van der Waals surface area contributed by atoms with E-state index >= 15 is 0 Å². The largest absolute Gasteiger partial charge is 0.462 e. The normalized spacial score (nSPS) is 10.5. The number of halogens is 1. The van der Waals surface area contributed by atoms with Gasteiger partial charge in [0.05, 0.1) is 13.2 Å². The van der Waals surface area contributed by atoms with E-state index in [1.54, 1.807) is 19.9 Å². The van der Waals surface area contributed by atoms with Crippen molar-refractivity contribution in [1.29, 1.82) is 0 Å². The number of carbonyl (C=O) groups is 1. The number of esters is 1. The molecule has 0 fully saturated rings. The topological polar surface area (TPSA) is 81.2 Å². The summed E-state index contributed by atoms with van der Waals surface area (Å²) in [6.45, 7) is 3.14. The minimum atomic E-state index is -0.812. The Kier molecular flexibility index (Phi) is 4.55.